The molecule has 2 N–H and O–H groups in total. The number of halogens is 2. The lowest BCUT2D eigenvalue weighted by Crippen LogP contribution is -3.00. The van der Waals surface area contributed by atoms with Gasteiger partial charge in [-0.25, -0.2) is 0 Å². The molecule has 2 amide bonds. The zero-order chi connectivity index (χ0) is 21.5. The van der Waals surface area contributed by atoms with Crippen molar-refractivity contribution in [3.63, 3.8) is 0 Å². The number of benzene rings is 2. The van der Waals surface area contributed by atoms with Crippen molar-refractivity contribution in [1.82, 2.24) is 4.90 Å². The number of methoxy groups -OCH3 is 2. The molecule has 1 aliphatic heterocycles. The largest absolute Gasteiger partial charge is 1.00 e. The lowest BCUT2D eigenvalue weighted by atomic mass is 10.1. The molecule has 0 spiro atoms. The van der Waals surface area contributed by atoms with Crippen molar-refractivity contribution in [3.8, 4) is 11.5 Å². The summed E-state index contributed by atoms with van der Waals surface area (Å²) in [7, 11) is 3.01. The first-order valence-corrected chi connectivity index (χ1v) is 10.2. The molecule has 2 aromatic carbocycles. The smallest absolute Gasteiger partial charge is 0.255 e. The number of piperidine rings is 1. The fraction of sp³-hybridized carbons (Fsp3) is 0.364. The van der Waals surface area contributed by atoms with E-state index in [4.69, 9.17) is 21.1 Å². The molecule has 3 rings (SSSR count). The Labute approximate surface area is 193 Å². The van der Waals surface area contributed by atoms with Gasteiger partial charge in [-0.15, -0.1) is 0 Å². The van der Waals surface area contributed by atoms with E-state index >= 15 is 0 Å². The van der Waals surface area contributed by atoms with Gasteiger partial charge in [0.1, 0.15) is 11.5 Å². The van der Waals surface area contributed by atoms with E-state index in [0.29, 0.717) is 40.0 Å². The third-order valence-electron chi connectivity index (χ3n) is 4.97. The molecule has 0 aromatic heterocycles. The quantitative estimate of drug-likeness (QED) is 0.637. The summed E-state index contributed by atoms with van der Waals surface area (Å²) in [6.45, 7) is 2.20. The highest BCUT2D eigenvalue weighted by atomic mass is 35.5. The summed E-state index contributed by atoms with van der Waals surface area (Å²) in [5.74, 6) is 0.407. The number of rotatable bonds is 7. The second kappa shape index (κ2) is 11.8. The molecule has 0 bridgehead atoms. The standard InChI is InChI=1S/C22H26ClN3O4.ClH/c1-29-19-13-18(25-22(28)15-6-8-16(23)9-7-15)20(30-2)12-17(19)24-21(27)14-26-10-4-3-5-11-26;/h6-9,12-13H,3-5,10-11,14H2,1-2H3,(H,24,27)(H,25,28);1H/p-1. The van der Waals surface area contributed by atoms with Gasteiger partial charge in [0.25, 0.3) is 5.91 Å². The maximum absolute atomic E-state index is 12.6. The van der Waals surface area contributed by atoms with E-state index in [1.165, 1.54) is 20.6 Å². The number of ether oxygens (including phenoxy) is 2. The maximum atomic E-state index is 12.6. The summed E-state index contributed by atoms with van der Waals surface area (Å²) in [5, 5.41) is 6.25. The van der Waals surface area contributed by atoms with Crippen LogP contribution in [0.15, 0.2) is 36.4 Å². The number of anilines is 2. The molecule has 7 nitrogen and oxygen atoms in total. The normalized spacial score (nSPS) is 13.6. The second-order valence-electron chi connectivity index (χ2n) is 7.10. The molecule has 0 atom stereocenters. The van der Waals surface area contributed by atoms with E-state index in [1.54, 1.807) is 36.4 Å². The van der Waals surface area contributed by atoms with Crippen molar-refractivity contribution in [2.45, 2.75) is 19.3 Å². The third-order valence-corrected chi connectivity index (χ3v) is 5.22. The summed E-state index contributed by atoms with van der Waals surface area (Å²) in [6.07, 6.45) is 3.45. The third kappa shape index (κ3) is 6.75. The molecule has 0 unspecified atom stereocenters. The minimum absolute atomic E-state index is 0. The number of hydrogen-bond acceptors (Lipinski definition) is 5. The molecule has 1 saturated heterocycles. The minimum atomic E-state index is -0.311. The Morgan fingerprint density at radius 3 is 2.03 bits per heavy atom. The van der Waals surface area contributed by atoms with Crippen LogP contribution < -0.4 is 32.5 Å². The minimum Gasteiger partial charge on any atom is -1.00 e. The van der Waals surface area contributed by atoms with Crippen LogP contribution in [0.2, 0.25) is 5.02 Å². The van der Waals surface area contributed by atoms with Gasteiger partial charge in [0, 0.05) is 22.7 Å². The van der Waals surface area contributed by atoms with Crippen LogP contribution in [0.25, 0.3) is 0 Å². The Kier molecular flexibility index (Phi) is 9.43. The van der Waals surface area contributed by atoms with Gasteiger partial charge in [-0.2, -0.15) is 0 Å². The lowest BCUT2D eigenvalue weighted by Gasteiger charge is -2.25. The fourth-order valence-corrected chi connectivity index (χ4v) is 3.53. The van der Waals surface area contributed by atoms with E-state index in [1.807, 2.05) is 0 Å². The summed E-state index contributed by atoms with van der Waals surface area (Å²) in [4.78, 5) is 27.2. The first-order chi connectivity index (χ1) is 14.5. The molecule has 0 radical (unpaired) electrons. The van der Waals surface area contributed by atoms with Crippen molar-refractivity contribution >= 4 is 34.8 Å². The predicted octanol–water partition coefficient (Wildman–Crippen LogP) is 1.04. The number of hydrogen-bond donors (Lipinski definition) is 2. The Hall–Kier alpha value is -2.48. The molecule has 0 saturated carbocycles. The predicted molar refractivity (Wildman–Crippen MR) is 118 cm³/mol. The molecule has 2 aromatic rings. The van der Waals surface area contributed by atoms with E-state index in [-0.39, 0.29) is 24.2 Å². The Balaban J connectivity index is 0.00000341. The van der Waals surface area contributed by atoms with Crippen LogP contribution in [0.4, 0.5) is 11.4 Å². The highest BCUT2D eigenvalue weighted by molar-refractivity contribution is 6.30. The Morgan fingerprint density at radius 1 is 0.935 bits per heavy atom. The molecule has 1 aliphatic rings. The fourth-order valence-electron chi connectivity index (χ4n) is 3.40. The van der Waals surface area contributed by atoms with Crippen LogP contribution in [0.1, 0.15) is 29.6 Å². The van der Waals surface area contributed by atoms with Gasteiger partial charge in [0.15, 0.2) is 0 Å². The summed E-state index contributed by atoms with van der Waals surface area (Å²) in [6, 6.07) is 9.84. The van der Waals surface area contributed by atoms with Crippen LogP contribution in [0, 0.1) is 0 Å². The first-order valence-electron chi connectivity index (χ1n) is 9.85. The van der Waals surface area contributed by atoms with Gasteiger partial charge in [-0.05, 0) is 50.2 Å². The number of carbonyl (C=O) groups is 2. The van der Waals surface area contributed by atoms with Gasteiger partial charge >= 0.3 is 0 Å². The molecular weight excluding hydrogens is 441 g/mol. The molecule has 168 valence electrons. The van der Waals surface area contributed by atoms with E-state index < -0.39 is 0 Å². The first kappa shape index (κ1) is 24.8. The Morgan fingerprint density at radius 2 is 1.48 bits per heavy atom. The molecule has 1 heterocycles. The maximum Gasteiger partial charge on any atom is 0.255 e. The zero-order valence-electron chi connectivity index (χ0n) is 17.5. The Bertz CT molecular complexity index is 900. The van der Waals surface area contributed by atoms with Crippen molar-refractivity contribution < 1.29 is 31.5 Å². The average molecular weight is 467 g/mol. The number of nitrogens with zero attached hydrogens (tertiary/aromatic N) is 1. The summed E-state index contributed by atoms with van der Waals surface area (Å²) < 4.78 is 10.8. The molecular formula is C22H26Cl2N3O4-. The highest BCUT2D eigenvalue weighted by Gasteiger charge is 2.18. The molecule has 1 fully saturated rings. The number of likely N-dealkylation sites (tertiary alicyclic amines) is 1. The van der Waals surface area contributed by atoms with Crippen molar-refractivity contribution in [2.24, 2.45) is 0 Å². The molecule has 9 heteroatoms. The van der Waals surface area contributed by atoms with Crippen LogP contribution >= 0.6 is 11.6 Å². The summed E-state index contributed by atoms with van der Waals surface area (Å²) in [5.41, 5.74) is 1.38. The number of carbonyl (C=O) groups excluding carboxylic acids is 2. The topological polar surface area (TPSA) is 79.9 Å². The van der Waals surface area contributed by atoms with Gasteiger partial charge in [0.2, 0.25) is 5.91 Å². The van der Waals surface area contributed by atoms with Gasteiger partial charge in [-0.3, -0.25) is 14.5 Å². The van der Waals surface area contributed by atoms with Gasteiger partial charge < -0.3 is 32.5 Å². The van der Waals surface area contributed by atoms with Crippen LogP contribution in [0.5, 0.6) is 11.5 Å². The second-order valence-corrected chi connectivity index (χ2v) is 7.54. The van der Waals surface area contributed by atoms with Crippen LogP contribution in [0.3, 0.4) is 0 Å². The van der Waals surface area contributed by atoms with E-state index in [0.717, 1.165) is 25.9 Å². The number of amides is 2. The van der Waals surface area contributed by atoms with Gasteiger partial charge in [0.05, 0.1) is 32.1 Å². The van der Waals surface area contributed by atoms with Crippen molar-refractivity contribution in [3.05, 3.63) is 47.0 Å². The van der Waals surface area contributed by atoms with Gasteiger partial charge in [-0.1, -0.05) is 18.0 Å². The van der Waals surface area contributed by atoms with Crippen LogP contribution in [-0.4, -0.2) is 50.6 Å². The number of nitrogens with one attached hydrogen (secondary N) is 2. The average Bonchev–Trinajstić information content (AvgIpc) is 2.75. The zero-order valence-corrected chi connectivity index (χ0v) is 19.1. The van der Waals surface area contributed by atoms with Crippen LogP contribution in [-0.2, 0) is 4.79 Å². The highest BCUT2D eigenvalue weighted by Crippen LogP contribution is 2.36. The summed E-state index contributed by atoms with van der Waals surface area (Å²) >= 11 is 5.88. The SMILES string of the molecule is COc1cc(NC(=O)c2ccc(Cl)cc2)c(OC)cc1NC(=O)CN1CCCCC1.[Cl-]. The lowest BCUT2D eigenvalue weighted by molar-refractivity contribution is -0.117. The monoisotopic (exact) mass is 466 g/mol. The molecule has 31 heavy (non-hydrogen) atoms. The van der Waals surface area contributed by atoms with E-state index in [2.05, 4.69) is 15.5 Å². The van der Waals surface area contributed by atoms with E-state index in [9.17, 15) is 9.59 Å². The van der Waals surface area contributed by atoms with Crippen molar-refractivity contribution in [1.29, 1.82) is 0 Å². The van der Waals surface area contributed by atoms with Crippen molar-refractivity contribution in [2.75, 3.05) is 44.5 Å². The molecule has 0 aliphatic carbocycles.